The Morgan fingerprint density at radius 1 is 1.32 bits per heavy atom. The van der Waals surface area contributed by atoms with Gasteiger partial charge in [0.25, 0.3) is 0 Å². The molecule has 1 aliphatic heterocycles. The fourth-order valence-electron chi connectivity index (χ4n) is 2.21. The summed E-state index contributed by atoms with van der Waals surface area (Å²) >= 11 is 0. The van der Waals surface area contributed by atoms with Crippen molar-refractivity contribution in [3.63, 3.8) is 0 Å². The van der Waals surface area contributed by atoms with Gasteiger partial charge in [-0.3, -0.25) is 0 Å². The summed E-state index contributed by atoms with van der Waals surface area (Å²) in [6.45, 7) is 6.59. The van der Waals surface area contributed by atoms with E-state index in [9.17, 15) is 9.82 Å². The number of esters is 1. The predicted octanol–water partition coefficient (Wildman–Crippen LogP) is 1.69. The predicted molar refractivity (Wildman–Crippen MR) is 90.7 cm³/mol. The minimum absolute atomic E-state index is 0.117. The van der Waals surface area contributed by atoms with Crippen LogP contribution in [0.15, 0.2) is 30.6 Å². The molecule has 0 bridgehead atoms. The van der Waals surface area contributed by atoms with E-state index in [1.54, 1.807) is 12.1 Å². The second kappa shape index (κ2) is 6.82. The molecule has 0 atom stereocenters. The number of ether oxygens (including phenoxy) is 2. The third-order valence-corrected chi connectivity index (χ3v) is 3.48. The first-order valence-corrected chi connectivity index (χ1v) is 7.91. The summed E-state index contributed by atoms with van der Waals surface area (Å²) in [5.41, 5.74) is 1.60. The van der Waals surface area contributed by atoms with E-state index in [0.29, 0.717) is 24.4 Å². The first-order chi connectivity index (χ1) is 11.8. The third-order valence-electron chi connectivity index (χ3n) is 3.48. The van der Waals surface area contributed by atoms with Gasteiger partial charge in [-0.1, -0.05) is 26.8 Å². The lowest BCUT2D eigenvalue weighted by molar-refractivity contribution is 0.0359. The van der Waals surface area contributed by atoms with E-state index in [1.165, 1.54) is 12.4 Å². The summed E-state index contributed by atoms with van der Waals surface area (Å²) in [6, 6.07) is 5.28. The quantitative estimate of drug-likeness (QED) is 0.668. The summed E-state index contributed by atoms with van der Waals surface area (Å²) in [5, 5.41) is 9.72. The highest BCUT2D eigenvalue weighted by molar-refractivity contribution is 6.61. The summed E-state index contributed by atoms with van der Waals surface area (Å²) in [4.78, 5) is 20.0. The van der Waals surface area contributed by atoms with E-state index in [-0.39, 0.29) is 17.0 Å². The van der Waals surface area contributed by atoms with Crippen LogP contribution in [0, 0.1) is 5.41 Å². The Hall–Kier alpha value is -2.45. The molecular weight excluding hydrogens is 323 g/mol. The summed E-state index contributed by atoms with van der Waals surface area (Å²) < 4.78 is 15.9. The van der Waals surface area contributed by atoms with E-state index >= 15 is 0 Å². The fraction of sp³-hybridized carbons (Fsp3) is 0.353. The van der Waals surface area contributed by atoms with Crippen molar-refractivity contribution in [2.24, 2.45) is 5.41 Å². The third kappa shape index (κ3) is 4.34. The number of nitrogens with zero attached hydrogens (tertiary/aromatic N) is 2. The molecule has 2 aromatic rings. The molecule has 0 radical (unpaired) electrons. The lowest BCUT2D eigenvalue weighted by Crippen LogP contribution is -2.27. The van der Waals surface area contributed by atoms with Gasteiger partial charge in [-0.25, -0.2) is 14.8 Å². The van der Waals surface area contributed by atoms with Gasteiger partial charge in [0.1, 0.15) is 5.75 Å². The van der Waals surface area contributed by atoms with Gasteiger partial charge in [0, 0.05) is 0 Å². The molecule has 7 nitrogen and oxygen atoms in total. The minimum atomic E-state index is -0.940. The first-order valence-electron chi connectivity index (χ1n) is 7.91. The summed E-state index contributed by atoms with van der Waals surface area (Å²) in [5.74, 6) is 0.216. The summed E-state index contributed by atoms with van der Waals surface area (Å²) in [6.07, 6.45) is 2.67. The van der Waals surface area contributed by atoms with Crippen LogP contribution in [0.25, 0.3) is 0 Å². The molecule has 2 heterocycles. The van der Waals surface area contributed by atoms with Crippen molar-refractivity contribution < 1.29 is 23.9 Å². The second-order valence-corrected chi connectivity index (χ2v) is 7.00. The molecule has 3 rings (SSSR count). The number of carbonyl (C=O) groups excluding carboxylic acids is 1. The van der Waals surface area contributed by atoms with Gasteiger partial charge in [-0.15, -0.1) is 0 Å². The van der Waals surface area contributed by atoms with E-state index in [4.69, 9.17) is 14.1 Å². The van der Waals surface area contributed by atoms with Crippen LogP contribution in [0.1, 0.15) is 36.8 Å². The van der Waals surface area contributed by atoms with Gasteiger partial charge in [0.05, 0.1) is 25.6 Å². The second-order valence-electron chi connectivity index (χ2n) is 7.00. The standard InChI is InChI=1S/C17H19BN2O5/c1-17(2,3)10-23-16(21)14-7-20-15(8-19-14)25-12-5-4-11-9-24-18(22)13(11)6-12/h4-8,22H,9-10H2,1-3H3. The van der Waals surface area contributed by atoms with Crippen LogP contribution in [-0.4, -0.2) is 34.7 Å². The Bertz CT molecular complexity index is 774. The van der Waals surface area contributed by atoms with Gasteiger partial charge in [-0.05, 0) is 28.6 Å². The lowest BCUT2D eigenvalue weighted by Gasteiger charge is -2.17. The number of hydrogen-bond donors (Lipinski definition) is 1. The summed E-state index contributed by atoms with van der Waals surface area (Å²) in [7, 11) is -0.940. The molecule has 0 saturated heterocycles. The van der Waals surface area contributed by atoms with Crippen molar-refractivity contribution in [2.75, 3.05) is 6.61 Å². The zero-order chi connectivity index (χ0) is 18.0. The van der Waals surface area contributed by atoms with Gasteiger partial charge < -0.3 is 19.2 Å². The highest BCUT2D eigenvalue weighted by Gasteiger charge is 2.27. The van der Waals surface area contributed by atoms with Gasteiger partial charge in [0.15, 0.2) is 5.69 Å². The van der Waals surface area contributed by atoms with Crippen LogP contribution in [0.5, 0.6) is 11.6 Å². The highest BCUT2D eigenvalue weighted by Crippen LogP contribution is 2.21. The van der Waals surface area contributed by atoms with Crippen LogP contribution in [-0.2, 0) is 16.0 Å². The minimum Gasteiger partial charge on any atom is -0.460 e. The normalized spacial score (nSPS) is 13.5. The van der Waals surface area contributed by atoms with Crippen molar-refractivity contribution in [1.29, 1.82) is 0 Å². The Morgan fingerprint density at radius 3 is 2.80 bits per heavy atom. The van der Waals surface area contributed by atoms with Crippen molar-refractivity contribution >= 4 is 18.6 Å². The Balaban J connectivity index is 1.65. The van der Waals surface area contributed by atoms with Crippen LogP contribution >= 0.6 is 0 Å². The molecule has 0 aliphatic carbocycles. The number of carbonyl (C=O) groups is 1. The smallest absolute Gasteiger partial charge is 0.460 e. The van der Waals surface area contributed by atoms with E-state index in [1.807, 2.05) is 26.8 Å². The molecule has 1 aliphatic rings. The molecule has 0 spiro atoms. The van der Waals surface area contributed by atoms with Crippen molar-refractivity contribution in [3.8, 4) is 11.6 Å². The maximum atomic E-state index is 11.9. The molecule has 8 heteroatoms. The maximum absolute atomic E-state index is 11.9. The number of hydrogen-bond acceptors (Lipinski definition) is 7. The molecule has 0 saturated carbocycles. The Labute approximate surface area is 146 Å². The molecular formula is C17H19BN2O5. The molecule has 1 aromatic heterocycles. The Morgan fingerprint density at radius 2 is 2.12 bits per heavy atom. The highest BCUT2D eigenvalue weighted by atomic mass is 16.5. The number of fused-ring (bicyclic) bond motifs is 1. The Kier molecular flexibility index (Phi) is 4.74. The van der Waals surface area contributed by atoms with Crippen molar-refractivity contribution in [3.05, 3.63) is 41.9 Å². The van der Waals surface area contributed by atoms with E-state index in [2.05, 4.69) is 9.97 Å². The molecule has 25 heavy (non-hydrogen) atoms. The van der Waals surface area contributed by atoms with Crippen molar-refractivity contribution in [2.45, 2.75) is 27.4 Å². The monoisotopic (exact) mass is 342 g/mol. The fourth-order valence-corrected chi connectivity index (χ4v) is 2.21. The number of rotatable bonds is 4. The average molecular weight is 342 g/mol. The molecule has 0 amide bonds. The van der Waals surface area contributed by atoms with Gasteiger partial charge >= 0.3 is 13.1 Å². The molecule has 0 unspecified atom stereocenters. The van der Waals surface area contributed by atoms with Crippen molar-refractivity contribution in [1.82, 2.24) is 9.97 Å². The lowest BCUT2D eigenvalue weighted by atomic mass is 9.79. The maximum Gasteiger partial charge on any atom is 0.491 e. The van der Waals surface area contributed by atoms with E-state index in [0.717, 1.165) is 5.56 Å². The van der Waals surface area contributed by atoms with Gasteiger partial charge in [-0.2, -0.15) is 0 Å². The molecule has 1 N–H and O–H groups in total. The van der Waals surface area contributed by atoms with Crippen LogP contribution in [0.4, 0.5) is 0 Å². The zero-order valence-corrected chi connectivity index (χ0v) is 14.4. The van der Waals surface area contributed by atoms with Crippen LogP contribution in [0.2, 0.25) is 0 Å². The number of aromatic nitrogens is 2. The van der Waals surface area contributed by atoms with E-state index < -0.39 is 13.1 Å². The topological polar surface area (TPSA) is 90.8 Å². The molecule has 130 valence electrons. The van der Waals surface area contributed by atoms with Gasteiger partial charge in [0.2, 0.25) is 5.88 Å². The number of benzene rings is 1. The van der Waals surface area contributed by atoms with Crippen LogP contribution in [0.3, 0.4) is 0 Å². The zero-order valence-electron chi connectivity index (χ0n) is 14.4. The molecule has 1 aromatic carbocycles. The molecule has 0 fully saturated rings. The van der Waals surface area contributed by atoms with Crippen LogP contribution < -0.4 is 10.2 Å². The first kappa shape index (κ1) is 17.4. The average Bonchev–Trinajstić information content (AvgIpc) is 2.94. The largest absolute Gasteiger partial charge is 0.491 e. The SMILES string of the molecule is CC(C)(C)COC(=O)c1cnc(Oc2ccc3c(c2)B(O)OC3)cn1.